The maximum atomic E-state index is 13.9. The molecule has 1 N–H and O–H groups in total. The first-order chi connectivity index (χ1) is 9.32. The molecule has 0 bridgehead atoms. The molecule has 1 unspecified atom stereocenters. The molecule has 1 atom stereocenters. The second-order valence-electron chi connectivity index (χ2n) is 3.95. The van der Waals surface area contributed by atoms with Gasteiger partial charge in [-0.3, -0.25) is 0 Å². The maximum Gasteiger partial charge on any atom is 0.161 e. The molecule has 1 nitrogen and oxygen atoms in total. The van der Waals surface area contributed by atoms with Crippen LogP contribution in [0.15, 0.2) is 28.7 Å². The Hall–Kier alpha value is -1.11. The molecule has 0 spiro atoms. The van der Waals surface area contributed by atoms with Crippen molar-refractivity contribution in [1.82, 2.24) is 0 Å². The summed E-state index contributed by atoms with van der Waals surface area (Å²) in [6.07, 6.45) is -1.81. The van der Waals surface area contributed by atoms with Crippen molar-refractivity contribution in [2.75, 3.05) is 0 Å². The van der Waals surface area contributed by atoms with E-state index in [9.17, 15) is 22.7 Å². The van der Waals surface area contributed by atoms with Crippen molar-refractivity contribution in [2.24, 2.45) is 0 Å². The number of hydrogen-bond acceptors (Lipinski definition) is 1. The van der Waals surface area contributed by atoms with Crippen molar-refractivity contribution in [1.29, 1.82) is 0 Å². The van der Waals surface area contributed by atoms with Crippen molar-refractivity contribution < 1.29 is 22.7 Å². The first kappa shape index (κ1) is 15.3. The standard InChI is InChI=1S/C13H6BrClF4O/c14-7-2-1-5(12(19)11(7)15)13(20)6-3-9(17)10(18)4-8(6)16/h1-4,13,20H. The molecule has 2 rings (SSSR count). The Balaban J connectivity index is 2.55. The average Bonchev–Trinajstić information content (AvgIpc) is 2.40. The van der Waals surface area contributed by atoms with Crippen LogP contribution in [0.1, 0.15) is 17.2 Å². The lowest BCUT2D eigenvalue weighted by Crippen LogP contribution is -2.07. The fourth-order valence-electron chi connectivity index (χ4n) is 1.67. The number of aliphatic hydroxyl groups excluding tert-OH is 1. The molecule has 0 fully saturated rings. The van der Waals surface area contributed by atoms with Crippen LogP contribution in [0.3, 0.4) is 0 Å². The quantitative estimate of drug-likeness (QED) is 0.460. The zero-order chi connectivity index (χ0) is 15.0. The van der Waals surface area contributed by atoms with Gasteiger partial charge in [-0.2, -0.15) is 0 Å². The summed E-state index contributed by atoms with van der Waals surface area (Å²) in [7, 11) is 0. The van der Waals surface area contributed by atoms with E-state index in [1.807, 2.05) is 0 Å². The van der Waals surface area contributed by atoms with Crippen LogP contribution >= 0.6 is 27.5 Å². The highest BCUT2D eigenvalue weighted by molar-refractivity contribution is 9.10. The summed E-state index contributed by atoms with van der Waals surface area (Å²) in [6, 6.07) is 3.27. The molecule has 0 saturated carbocycles. The number of hydrogen-bond donors (Lipinski definition) is 1. The summed E-state index contributed by atoms with van der Waals surface area (Å²) in [6.45, 7) is 0. The minimum absolute atomic E-state index is 0.248. The molecule has 0 aliphatic carbocycles. The number of halogens is 6. The molecular formula is C13H6BrClF4O. The summed E-state index contributed by atoms with van der Waals surface area (Å²) >= 11 is 8.63. The van der Waals surface area contributed by atoms with Crippen LogP contribution in [0.25, 0.3) is 0 Å². The second-order valence-corrected chi connectivity index (χ2v) is 5.19. The Bertz CT molecular complexity index is 676. The van der Waals surface area contributed by atoms with Gasteiger partial charge in [0.25, 0.3) is 0 Å². The van der Waals surface area contributed by atoms with E-state index < -0.39 is 34.9 Å². The largest absolute Gasteiger partial charge is 0.383 e. The van der Waals surface area contributed by atoms with Gasteiger partial charge in [0.1, 0.15) is 17.7 Å². The van der Waals surface area contributed by atoms with Crippen LogP contribution in [0.4, 0.5) is 17.6 Å². The Morgan fingerprint density at radius 2 is 1.55 bits per heavy atom. The van der Waals surface area contributed by atoms with Crippen molar-refractivity contribution in [2.45, 2.75) is 6.10 Å². The average molecular weight is 370 g/mol. The number of rotatable bonds is 2. The van der Waals surface area contributed by atoms with E-state index in [1.54, 1.807) is 0 Å². The van der Waals surface area contributed by atoms with E-state index in [1.165, 1.54) is 6.07 Å². The van der Waals surface area contributed by atoms with Gasteiger partial charge in [-0.05, 0) is 28.1 Å². The van der Waals surface area contributed by atoms with E-state index in [2.05, 4.69) is 15.9 Å². The Labute approximate surface area is 124 Å². The van der Waals surface area contributed by atoms with Gasteiger partial charge in [0.2, 0.25) is 0 Å². The second kappa shape index (κ2) is 5.71. The van der Waals surface area contributed by atoms with Crippen LogP contribution < -0.4 is 0 Å². The van der Waals surface area contributed by atoms with E-state index in [0.29, 0.717) is 6.07 Å². The van der Waals surface area contributed by atoms with Crippen molar-refractivity contribution >= 4 is 27.5 Å². The van der Waals surface area contributed by atoms with Gasteiger partial charge in [0.05, 0.1) is 5.02 Å². The number of benzene rings is 2. The number of aliphatic hydroxyl groups is 1. The molecule has 0 saturated heterocycles. The highest BCUT2D eigenvalue weighted by Gasteiger charge is 2.23. The van der Waals surface area contributed by atoms with Gasteiger partial charge in [0, 0.05) is 21.7 Å². The van der Waals surface area contributed by atoms with Gasteiger partial charge in [-0.15, -0.1) is 0 Å². The van der Waals surface area contributed by atoms with Gasteiger partial charge in [-0.25, -0.2) is 17.6 Å². The predicted octanol–water partition coefficient (Wildman–Crippen LogP) is 4.74. The molecule has 20 heavy (non-hydrogen) atoms. The summed E-state index contributed by atoms with van der Waals surface area (Å²) < 4.78 is 53.6. The minimum Gasteiger partial charge on any atom is -0.383 e. The van der Waals surface area contributed by atoms with Gasteiger partial charge < -0.3 is 5.11 Å². The van der Waals surface area contributed by atoms with Crippen molar-refractivity contribution in [3.05, 3.63) is 68.2 Å². The first-order valence-electron chi connectivity index (χ1n) is 5.28. The van der Waals surface area contributed by atoms with Crippen LogP contribution in [-0.4, -0.2) is 5.11 Å². The lowest BCUT2D eigenvalue weighted by Gasteiger charge is -2.15. The highest BCUT2D eigenvalue weighted by atomic mass is 79.9. The Morgan fingerprint density at radius 3 is 2.20 bits per heavy atom. The molecule has 106 valence electrons. The molecule has 0 aliphatic rings. The van der Waals surface area contributed by atoms with E-state index in [-0.39, 0.29) is 21.1 Å². The first-order valence-corrected chi connectivity index (χ1v) is 6.46. The third kappa shape index (κ3) is 2.68. The van der Waals surface area contributed by atoms with E-state index >= 15 is 0 Å². The summed E-state index contributed by atoms with van der Waals surface area (Å²) in [5.41, 5.74) is -0.927. The molecule has 2 aromatic carbocycles. The summed E-state index contributed by atoms with van der Waals surface area (Å²) in [5.74, 6) is -4.90. The topological polar surface area (TPSA) is 20.2 Å². The third-order valence-electron chi connectivity index (χ3n) is 2.69. The summed E-state index contributed by atoms with van der Waals surface area (Å²) in [4.78, 5) is 0. The molecule has 0 heterocycles. The maximum absolute atomic E-state index is 13.9. The molecule has 7 heteroatoms. The lowest BCUT2D eigenvalue weighted by atomic mass is 10.0. The van der Waals surface area contributed by atoms with Crippen molar-refractivity contribution in [3.8, 4) is 0 Å². The lowest BCUT2D eigenvalue weighted by molar-refractivity contribution is 0.208. The zero-order valence-electron chi connectivity index (χ0n) is 9.60. The van der Waals surface area contributed by atoms with E-state index in [4.69, 9.17) is 11.6 Å². The monoisotopic (exact) mass is 368 g/mol. The van der Waals surface area contributed by atoms with Gasteiger partial charge in [0.15, 0.2) is 11.6 Å². The van der Waals surface area contributed by atoms with Gasteiger partial charge in [-0.1, -0.05) is 17.7 Å². The Morgan fingerprint density at radius 1 is 0.950 bits per heavy atom. The molecule has 2 aromatic rings. The van der Waals surface area contributed by atoms with Crippen LogP contribution in [-0.2, 0) is 0 Å². The molecular weight excluding hydrogens is 363 g/mol. The normalized spacial score (nSPS) is 12.6. The van der Waals surface area contributed by atoms with Crippen LogP contribution in [0.2, 0.25) is 5.02 Å². The molecule has 0 aliphatic heterocycles. The zero-order valence-corrected chi connectivity index (χ0v) is 11.9. The molecule has 0 aromatic heterocycles. The Kier molecular flexibility index (Phi) is 4.36. The van der Waals surface area contributed by atoms with E-state index in [0.717, 1.165) is 6.07 Å². The smallest absolute Gasteiger partial charge is 0.161 e. The minimum atomic E-state index is -1.81. The van der Waals surface area contributed by atoms with Gasteiger partial charge >= 0.3 is 0 Å². The third-order valence-corrected chi connectivity index (χ3v) is 3.95. The van der Waals surface area contributed by atoms with Crippen LogP contribution in [0.5, 0.6) is 0 Å². The predicted molar refractivity (Wildman–Crippen MR) is 69.5 cm³/mol. The molecule has 0 radical (unpaired) electrons. The summed E-state index contributed by atoms with van der Waals surface area (Å²) in [5, 5.41) is 9.64. The highest BCUT2D eigenvalue weighted by Crippen LogP contribution is 2.34. The fourth-order valence-corrected chi connectivity index (χ4v) is 2.15. The fraction of sp³-hybridized carbons (Fsp3) is 0.0769. The SMILES string of the molecule is OC(c1cc(F)c(F)cc1F)c1ccc(Br)c(Cl)c1F. The van der Waals surface area contributed by atoms with Crippen LogP contribution in [0, 0.1) is 23.3 Å². The molecule has 0 amide bonds. The van der Waals surface area contributed by atoms with Crippen molar-refractivity contribution in [3.63, 3.8) is 0 Å².